The number of hydrogen-bond acceptors (Lipinski definition) is 5. The van der Waals surface area contributed by atoms with Crippen LogP contribution in [0.15, 0.2) is 11.0 Å². The Kier molecular flexibility index (Phi) is 4.42. The molecule has 112 valence electrons. The van der Waals surface area contributed by atoms with Gasteiger partial charge in [0.25, 0.3) is 0 Å². The van der Waals surface area contributed by atoms with Crippen molar-refractivity contribution in [1.82, 2.24) is 10.0 Å². The van der Waals surface area contributed by atoms with Crippen LogP contribution in [0.3, 0.4) is 0 Å². The quantitative estimate of drug-likeness (QED) is 0.837. The van der Waals surface area contributed by atoms with E-state index in [0.29, 0.717) is 10.9 Å². The van der Waals surface area contributed by atoms with Crippen LogP contribution in [0.2, 0.25) is 0 Å². The van der Waals surface area contributed by atoms with Crippen molar-refractivity contribution in [3.8, 4) is 0 Å². The minimum atomic E-state index is -3.36. The van der Waals surface area contributed by atoms with Crippen molar-refractivity contribution in [1.29, 1.82) is 0 Å². The number of thioether (sulfide) groups is 1. The average molecular weight is 333 g/mol. The van der Waals surface area contributed by atoms with Crippen LogP contribution >= 0.6 is 23.1 Å². The van der Waals surface area contributed by atoms with Gasteiger partial charge in [-0.3, -0.25) is 0 Å². The number of aryl methyl sites for hydroxylation is 1. The third-order valence-corrected chi connectivity index (χ3v) is 7.60. The van der Waals surface area contributed by atoms with E-state index in [1.807, 2.05) is 24.8 Å². The van der Waals surface area contributed by atoms with E-state index < -0.39 is 10.0 Å². The topological polar surface area (TPSA) is 58.2 Å². The van der Waals surface area contributed by atoms with Gasteiger partial charge in [-0.05, 0) is 38.0 Å². The summed E-state index contributed by atoms with van der Waals surface area (Å²) < 4.78 is 27.7. The number of hydrogen-bond donors (Lipinski definition) is 2. The Morgan fingerprint density at radius 1 is 1.30 bits per heavy atom. The van der Waals surface area contributed by atoms with Gasteiger partial charge in [0.05, 0.1) is 4.90 Å². The van der Waals surface area contributed by atoms with E-state index >= 15 is 0 Å². The molecule has 3 rings (SSSR count). The summed E-state index contributed by atoms with van der Waals surface area (Å²) in [6, 6.07) is 2.57. The predicted octanol–water partition coefficient (Wildman–Crippen LogP) is 2.09. The van der Waals surface area contributed by atoms with Crippen LogP contribution in [0.5, 0.6) is 0 Å². The Morgan fingerprint density at radius 2 is 2.10 bits per heavy atom. The molecule has 1 aromatic heterocycles. The van der Waals surface area contributed by atoms with Gasteiger partial charge in [-0.25, -0.2) is 13.1 Å². The molecule has 1 saturated heterocycles. The lowest BCUT2D eigenvalue weighted by atomic mass is 10.3. The van der Waals surface area contributed by atoms with Gasteiger partial charge in [-0.2, -0.15) is 11.8 Å². The van der Waals surface area contributed by atoms with Gasteiger partial charge >= 0.3 is 0 Å². The number of rotatable bonds is 6. The largest absolute Gasteiger partial charge is 0.309 e. The summed E-state index contributed by atoms with van der Waals surface area (Å²) in [5.74, 6) is 1.94. The number of sulfonamides is 1. The zero-order valence-electron chi connectivity index (χ0n) is 11.5. The first-order valence-corrected chi connectivity index (χ1v) is 10.4. The fourth-order valence-corrected chi connectivity index (χ4v) is 6.44. The van der Waals surface area contributed by atoms with Crippen LogP contribution in [-0.2, 0) is 16.6 Å². The first kappa shape index (κ1) is 14.8. The van der Waals surface area contributed by atoms with Gasteiger partial charge < -0.3 is 5.32 Å². The van der Waals surface area contributed by atoms with E-state index in [2.05, 4.69) is 10.0 Å². The maximum atomic E-state index is 12.4. The standard InChI is InChI=1S/C13H20N2O2S3/c1-9-13(6-12(19-9)7-14-10-2-3-10)20(16,17)15-11-4-5-18-8-11/h6,10-11,14-15H,2-5,7-8H2,1H3. The van der Waals surface area contributed by atoms with Crippen molar-refractivity contribution in [2.24, 2.45) is 0 Å². The minimum absolute atomic E-state index is 0.0948. The van der Waals surface area contributed by atoms with Gasteiger partial charge in [-0.1, -0.05) is 0 Å². The first-order valence-electron chi connectivity index (χ1n) is 6.97. The average Bonchev–Trinajstić information content (AvgIpc) is 2.93. The molecular formula is C13H20N2O2S3. The van der Waals surface area contributed by atoms with Crippen LogP contribution in [0.1, 0.15) is 29.0 Å². The molecule has 1 aliphatic carbocycles. The highest BCUT2D eigenvalue weighted by molar-refractivity contribution is 7.99. The van der Waals surface area contributed by atoms with Gasteiger partial charge in [0.2, 0.25) is 10.0 Å². The summed E-state index contributed by atoms with van der Waals surface area (Å²) in [6.07, 6.45) is 3.43. The summed E-state index contributed by atoms with van der Waals surface area (Å²) in [5, 5.41) is 3.43. The monoisotopic (exact) mass is 332 g/mol. The van der Waals surface area contributed by atoms with Crippen LogP contribution in [0.4, 0.5) is 0 Å². The number of thiophene rings is 1. The molecule has 0 amide bonds. The molecule has 1 saturated carbocycles. The summed E-state index contributed by atoms with van der Waals surface area (Å²) in [4.78, 5) is 2.46. The molecule has 1 aromatic rings. The molecule has 7 heteroatoms. The van der Waals surface area contributed by atoms with Gasteiger partial charge in [0.15, 0.2) is 0 Å². The third kappa shape index (κ3) is 3.57. The fraction of sp³-hybridized carbons (Fsp3) is 0.692. The lowest BCUT2D eigenvalue weighted by Crippen LogP contribution is -2.34. The Hall–Kier alpha value is -0.0800. The van der Waals surface area contributed by atoms with Crippen molar-refractivity contribution >= 4 is 33.1 Å². The highest BCUT2D eigenvalue weighted by Crippen LogP contribution is 2.28. The zero-order chi connectivity index (χ0) is 14.2. The highest BCUT2D eigenvalue weighted by Gasteiger charge is 2.26. The summed E-state index contributed by atoms with van der Waals surface area (Å²) in [7, 11) is -3.36. The second-order valence-electron chi connectivity index (χ2n) is 5.47. The van der Waals surface area contributed by atoms with Gasteiger partial charge in [0, 0.05) is 34.1 Å². The second-order valence-corrected chi connectivity index (χ2v) is 9.64. The Balaban J connectivity index is 1.70. The molecule has 1 aliphatic heterocycles. The molecule has 2 N–H and O–H groups in total. The van der Waals surface area contributed by atoms with Crippen molar-refractivity contribution in [3.05, 3.63) is 15.8 Å². The van der Waals surface area contributed by atoms with E-state index in [0.717, 1.165) is 34.2 Å². The smallest absolute Gasteiger partial charge is 0.241 e. The SMILES string of the molecule is Cc1sc(CNC2CC2)cc1S(=O)(=O)NC1CCSC1. The van der Waals surface area contributed by atoms with Crippen molar-refractivity contribution in [3.63, 3.8) is 0 Å². The van der Waals surface area contributed by atoms with Gasteiger partial charge in [0.1, 0.15) is 0 Å². The molecule has 2 aliphatic rings. The summed E-state index contributed by atoms with van der Waals surface area (Å²) in [5.41, 5.74) is 0. The molecule has 0 bridgehead atoms. The molecule has 0 aromatic carbocycles. The van der Waals surface area contributed by atoms with E-state index in [9.17, 15) is 8.42 Å². The third-order valence-electron chi connectivity index (χ3n) is 3.61. The molecule has 1 atom stereocenters. The van der Waals surface area contributed by atoms with E-state index in [1.54, 1.807) is 11.3 Å². The molecular weight excluding hydrogens is 312 g/mol. The molecule has 20 heavy (non-hydrogen) atoms. The molecule has 0 spiro atoms. The molecule has 2 heterocycles. The number of nitrogens with one attached hydrogen (secondary N) is 2. The summed E-state index contributed by atoms with van der Waals surface area (Å²) in [6.45, 7) is 2.67. The lowest BCUT2D eigenvalue weighted by molar-refractivity contribution is 0.563. The Labute approximate surface area is 128 Å². The Morgan fingerprint density at radius 3 is 2.75 bits per heavy atom. The van der Waals surface area contributed by atoms with Crippen LogP contribution in [0, 0.1) is 6.92 Å². The molecule has 2 fully saturated rings. The Bertz CT molecular complexity index is 572. The maximum Gasteiger partial charge on any atom is 0.241 e. The van der Waals surface area contributed by atoms with Crippen LogP contribution < -0.4 is 10.0 Å². The van der Waals surface area contributed by atoms with Crippen LogP contribution in [-0.4, -0.2) is 32.0 Å². The van der Waals surface area contributed by atoms with E-state index in [-0.39, 0.29) is 6.04 Å². The highest BCUT2D eigenvalue weighted by atomic mass is 32.2. The van der Waals surface area contributed by atoms with Crippen molar-refractivity contribution in [2.45, 2.75) is 49.7 Å². The maximum absolute atomic E-state index is 12.4. The van der Waals surface area contributed by atoms with E-state index in [1.165, 1.54) is 12.8 Å². The predicted molar refractivity (Wildman–Crippen MR) is 85.0 cm³/mol. The molecule has 0 radical (unpaired) electrons. The van der Waals surface area contributed by atoms with Crippen molar-refractivity contribution in [2.75, 3.05) is 11.5 Å². The minimum Gasteiger partial charge on any atom is -0.309 e. The molecule has 1 unspecified atom stereocenters. The summed E-state index contributed by atoms with van der Waals surface area (Å²) >= 11 is 3.39. The fourth-order valence-electron chi connectivity index (χ4n) is 2.32. The van der Waals surface area contributed by atoms with Crippen LogP contribution in [0.25, 0.3) is 0 Å². The zero-order valence-corrected chi connectivity index (χ0v) is 14.0. The molecule has 4 nitrogen and oxygen atoms in total. The normalized spacial score (nSPS) is 23.4. The first-order chi connectivity index (χ1) is 9.54. The van der Waals surface area contributed by atoms with Crippen molar-refractivity contribution < 1.29 is 8.42 Å². The van der Waals surface area contributed by atoms with Gasteiger partial charge in [-0.15, -0.1) is 11.3 Å². The second kappa shape index (κ2) is 5.96. The lowest BCUT2D eigenvalue weighted by Gasteiger charge is -2.11. The van der Waals surface area contributed by atoms with E-state index in [4.69, 9.17) is 0 Å².